The Hall–Kier alpha value is -1.78. The molecule has 2 aliphatic rings. The summed E-state index contributed by atoms with van der Waals surface area (Å²) in [7, 11) is 0. The van der Waals surface area contributed by atoms with Gasteiger partial charge in [-0.05, 0) is 94.9 Å². The van der Waals surface area contributed by atoms with Gasteiger partial charge in [-0.15, -0.1) is 11.3 Å². The van der Waals surface area contributed by atoms with E-state index in [2.05, 4.69) is 29.2 Å². The van der Waals surface area contributed by atoms with Crippen LogP contribution in [-0.2, 0) is 27.1 Å². The van der Waals surface area contributed by atoms with E-state index in [1.807, 2.05) is 40.7 Å². The number of pyridine rings is 1. The third-order valence-corrected chi connectivity index (χ3v) is 8.69. The highest BCUT2D eigenvalue weighted by molar-refractivity contribution is 14.1. The largest absolute Gasteiger partial charge is 0.447 e. The van der Waals surface area contributed by atoms with Gasteiger partial charge in [0.05, 0.1) is 11.6 Å². The zero-order chi connectivity index (χ0) is 25.5. The second-order valence-electron chi connectivity index (χ2n) is 10.3. The van der Waals surface area contributed by atoms with Gasteiger partial charge in [-0.1, -0.05) is 24.3 Å². The zero-order valence-corrected chi connectivity index (χ0v) is 24.0. The molecule has 0 bridgehead atoms. The van der Waals surface area contributed by atoms with Crippen LogP contribution in [0.2, 0.25) is 0 Å². The average molecular weight is 609 g/mol. The van der Waals surface area contributed by atoms with Crippen molar-refractivity contribution in [3.8, 4) is 0 Å². The van der Waals surface area contributed by atoms with Gasteiger partial charge in [0.1, 0.15) is 11.4 Å². The molecule has 1 fully saturated rings. The summed E-state index contributed by atoms with van der Waals surface area (Å²) in [6.45, 7) is 13.6. The van der Waals surface area contributed by atoms with Gasteiger partial charge in [-0.3, -0.25) is 4.79 Å². The van der Waals surface area contributed by atoms with Crippen LogP contribution in [0.1, 0.15) is 74.8 Å². The Balaban J connectivity index is 1.81. The molecule has 6 nitrogen and oxygen atoms in total. The fraction of sp³-hybridized carbons (Fsp3) is 0.519. The van der Waals surface area contributed by atoms with Gasteiger partial charge in [-0.2, -0.15) is 0 Å². The summed E-state index contributed by atoms with van der Waals surface area (Å²) in [5, 5.41) is 1.14. The maximum Gasteiger partial charge on any atom is 0.417 e. The molecule has 0 radical (unpaired) electrons. The quantitative estimate of drug-likeness (QED) is 0.266. The number of aromatic nitrogens is 1. The summed E-state index contributed by atoms with van der Waals surface area (Å²) in [4.78, 5) is 35.5. The number of carbonyl (C=O) groups is 2. The number of aryl methyl sites for hydroxylation is 3. The number of halogens is 1. The lowest BCUT2D eigenvalue weighted by molar-refractivity contribution is -0.152. The van der Waals surface area contributed by atoms with E-state index in [9.17, 15) is 9.59 Å². The molecule has 2 aromatic rings. The fourth-order valence-electron chi connectivity index (χ4n) is 4.90. The topological polar surface area (TPSA) is 68.7 Å². The van der Waals surface area contributed by atoms with Crippen molar-refractivity contribution < 1.29 is 19.1 Å². The number of rotatable bonds is 6. The highest BCUT2D eigenvalue weighted by atomic mass is 127. The van der Waals surface area contributed by atoms with Crippen molar-refractivity contribution in [3.63, 3.8) is 0 Å². The summed E-state index contributed by atoms with van der Waals surface area (Å²) >= 11 is 4.12. The molecule has 0 N–H and O–H groups in total. The van der Waals surface area contributed by atoms with Crippen molar-refractivity contribution >= 4 is 56.1 Å². The predicted octanol–water partition coefficient (Wildman–Crippen LogP) is 6.81. The van der Waals surface area contributed by atoms with Gasteiger partial charge >= 0.3 is 6.09 Å². The number of hydrogen-bond donors (Lipinski definition) is 0. The fourth-order valence-corrected chi connectivity index (χ4v) is 7.66. The SMILES string of the molecule is C=C/C=C(\C)C[C@@H]1COC(=O)N1C(=O)[C@@H](OC(C)(C)C)c1c(C)nc2sc3c(c2c1I)CCCC3. The van der Waals surface area contributed by atoms with Crippen LogP contribution in [0.3, 0.4) is 0 Å². The molecular weight excluding hydrogens is 575 g/mol. The summed E-state index contributed by atoms with van der Waals surface area (Å²) in [5.74, 6) is -0.398. The first kappa shape index (κ1) is 26.3. The van der Waals surface area contributed by atoms with E-state index < -0.39 is 23.7 Å². The molecule has 0 unspecified atom stereocenters. The first-order valence-electron chi connectivity index (χ1n) is 12.1. The van der Waals surface area contributed by atoms with Crippen LogP contribution in [0.25, 0.3) is 10.2 Å². The van der Waals surface area contributed by atoms with Gasteiger partial charge < -0.3 is 9.47 Å². The molecule has 0 saturated carbocycles. The second-order valence-corrected chi connectivity index (χ2v) is 12.5. The molecule has 4 rings (SSSR count). The molecule has 3 heterocycles. The molecule has 1 aliphatic heterocycles. The third-order valence-electron chi connectivity index (χ3n) is 6.38. The van der Waals surface area contributed by atoms with Crippen LogP contribution in [-0.4, -0.2) is 40.1 Å². The Bertz CT molecular complexity index is 1210. The maximum absolute atomic E-state index is 14.1. The Labute approximate surface area is 224 Å². The van der Waals surface area contributed by atoms with Crippen LogP contribution in [0.5, 0.6) is 0 Å². The predicted molar refractivity (Wildman–Crippen MR) is 148 cm³/mol. The maximum atomic E-state index is 14.1. The summed E-state index contributed by atoms with van der Waals surface area (Å²) in [6.07, 6.45) is 7.02. The Kier molecular flexibility index (Phi) is 7.74. The number of nitrogens with zero attached hydrogens (tertiary/aromatic N) is 2. The van der Waals surface area contributed by atoms with E-state index in [-0.39, 0.29) is 12.6 Å². The Morgan fingerprint density at radius 2 is 2.09 bits per heavy atom. The molecule has 0 spiro atoms. The van der Waals surface area contributed by atoms with Crippen molar-refractivity contribution in [2.75, 3.05) is 6.61 Å². The van der Waals surface area contributed by atoms with Gasteiger partial charge in [0.25, 0.3) is 5.91 Å². The Morgan fingerprint density at radius 3 is 2.77 bits per heavy atom. The molecule has 2 atom stereocenters. The molecular formula is C27H33IN2O4S. The van der Waals surface area contributed by atoms with Crippen LogP contribution in [0.4, 0.5) is 4.79 Å². The van der Waals surface area contributed by atoms with Crippen molar-refractivity contribution in [2.45, 2.75) is 84.5 Å². The lowest BCUT2D eigenvalue weighted by Crippen LogP contribution is -2.44. The van der Waals surface area contributed by atoms with E-state index in [1.54, 1.807) is 17.4 Å². The van der Waals surface area contributed by atoms with E-state index >= 15 is 0 Å². The summed E-state index contributed by atoms with van der Waals surface area (Å²) < 4.78 is 12.7. The number of ether oxygens (including phenoxy) is 2. The molecule has 8 heteroatoms. The number of carbonyl (C=O) groups excluding carboxylic acids is 2. The first-order valence-corrected chi connectivity index (χ1v) is 14.0. The third kappa shape index (κ3) is 5.34. The minimum Gasteiger partial charge on any atom is -0.447 e. The molecule has 35 heavy (non-hydrogen) atoms. The highest BCUT2D eigenvalue weighted by Gasteiger charge is 2.44. The van der Waals surface area contributed by atoms with Crippen molar-refractivity contribution in [1.29, 1.82) is 0 Å². The van der Waals surface area contributed by atoms with Gasteiger partial charge in [0.2, 0.25) is 0 Å². The monoisotopic (exact) mass is 608 g/mol. The van der Waals surface area contributed by atoms with Crippen LogP contribution >= 0.6 is 33.9 Å². The number of thiophene rings is 1. The van der Waals surface area contributed by atoms with Gasteiger partial charge in [0, 0.05) is 25.1 Å². The number of cyclic esters (lactones) is 1. The molecule has 0 aromatic carbocycles. The number of fused-ring (bicyclic) bond motifs is 3. The number of amides is 2. The second kappa shape index (κ2) is 10.3. The summed E-state index contributed by atoms with van der Waals surface area (Å²) in [5.41, 5.74) is 3.28. The number of hydrogen-bond acceptors (Lipinski definition) is 6. The van der Waals surface area contributed by atoms with Gasteiger partial charge in [-0.25, -0.2) is 14.7 Å². The standard InChI is InChI=1S/C27H33IN2O4S/c1-7-10-15(2)13-17-14-33-26(32)30(17)25(31)23(34-27(4,5)6)20-16(3)29-24-21(22(20)28)18-11-8-9-12-19(18)35-24/h7,10,17,23H,1,8-9,11-14H2,2-6H3/b15-10+/t17-,23+/m1/s1. The lowest BCUT2D eigenvalue weighted by atomic mass is 9.95. The van der Waals surface area contributed by atoms with Crippen molar-refractivity contribution in [3.05, 3.63) is 49.6 Å². The normalized spacial score (nSPS) is 19.6. The minimum atomic E-state index is -0.963. The number of allylic oxidation sites excluding steroid dienone is 2. The molecule has 1 aliphatic carbocycles. The summed E-state index contributed by atoms with van der Waals surface area (Å²) in [6, 6.07) is -0.388. The van der Waals surface area contributed by atoms with E-state index in [1.165, 1.54) is 21.8 Å². The van der Waals surface area contributed by atoms with E-state index in [4.69, 9.17) is 14.5 Å². The lowest BCUT2D eigenvalue weighted by Gasteiger charge is -2.31. The van der Waals surface area contributed by atoms with E-state index in [0.717, 1.165) is 49.9 Å². The number of imide groups is 1. The molecule has 188 valence electrons. The molecule has 1 saturated heterocycles. The van der Waals surface area contributed by atoms with Crippen molar-refractivity contribution in [2.24, 2.45) is 0 Å². The van der Waals surface area contributed by atoms with Crippen LogP contribution in [0.15, 0.2) is 24.3 Å². The minimum absolute atomic E-state index is 0.167. The van der Waals surface area contributed by atoms with Gasteiger partial charge in [0.15, 0.2) is 6.10 Å². The Morgan fingerprint density at radius 1 is 1.37 bits per heavy atom. The molecule has 2 amide bonds. The van der Waals surface area contributed by atoms with Crippen molar-refractivity contribution in [1.82, 2.24) is 9.88 Å². The van der Waals surface area contributed by atoms with Crippen LogP contribution in [0, 0.1) is 10.5 Å². The molecule has 2 aromatic heterocycles. The van der Waals surface area contributed by atoms with Crippen LogP contribution < -0.4 is 0 Å². The first-order chi connectivity index (χ1) is 16.5. The van der Waals surface area contributed by atoms with E-state index in [0.29, 0.717) is 6.42 Å². The average Bonchev–Trinajstić information content (AvgIpc) is 3.31. The smallest absolute Gasteiger partial charge is 0.417 e. The highest BCUT2D eigenvalue weighted by Crippen LogP contribution is 2.42. The zero-order valence-electron chi connectivity index (χ0n) is 21.1.